The lowest BCUT2D eigenvalue weighted by molar-refractivity contribution is 0.0889. The van der Waals surface area contributed by atoms with E-state index < -0.39 is 14.6 Å². The van der Waals surface area contributed by atoms with Gasteiger partial charge in [-0.1, -0.05) is 12.2 Å². The number of hydrogen-bond donors (Lipinski definition) is 1. The summed E-state index contributed by atoms with van der Waals surface area (Å²) >= 11 is 4.82. The number of nitrogens with two attached hydrogens (primary N) is 1. The Morgan fingerprint density at radius 1 is 1.46 bits per heavy atom. The van der Waals surface area contributed by atoms with Gasteiger partial charge in [-0.25, -0.2) is 8.42 Å². The summed E-state index contributed by atoms with van der Waals surface area (Å²) in [5, 5.41) is 0. The van der Waals surface area contributed by atoms with E-state index in [4.69, 9.17) is 22.7 Å². The van der Waals surface area contributed by atoms with Crippen molar-refractivity contribution in [1.29, 1.82) is 0 Å². The van der Waals surface area contributed by atoms with E-state index in [1.807, 2.05) is 0 Å². The van der Waals surface area contributed by atoms with Crippen LogP contribution in [0.2, 0.25) is 0 Å². The molecule has 0 unspecified atom stereocenters. The standard InChI is InChI=1S/C7H13NO3S2/c1-13(9,10)7(6(8)12)2-4-11-5-3-7/h2-5H2,1H3,(H2,8,12). The second-order valence-electron chi connectivity index (χ2n) is 3.24. The molecular formula is C7H13NO3S2. The van der Waals surface area contributed by atoms with Crippen molar-refractivity contribution in [1.82, 2.24) is 0 Å². The monoisotopic (exact) mass is 223 g/mol. The molecule has 0 spiro atoms. The van der Waals surface area contributed by atoms with Crippen LogP contribution in [0.1, 0.15) is 12.8 Å². The van der Waals surface area contributed by atoms with Gasteiger partial charge < -0.3 is 10.5 Å². The van der Waals surface area contributed by atoms with E-state index in [0.29, 0.717) is 26.1 Å². The van der Waals surface area contributed by atoms with Gasteiger partial charge in [0.1, 0.15) is 4.75 Å². The van der Waals surface area contributed by atoms with Gasteiger partial charge in [-0.05, 0) is 12.8 Å². The SMILES string of the molecule is CS(=O)(=O)C1(C(N)=S)CCOCC1. The van der Waals surface area contributed by atoms with Gasteiger partial charge in [-0.3, -0.25) is 0 Å². The molecule has 2 N–H and O–H groups in total. The molecule has 0 aromatic heterocycles. The number of hydrogen-bond acceptors (Lipinski definition) is 4. The minimum Gasteiger partial charge on any atom is -0.392 e. The first-order chi connectivity index (χ1) is 5.90. The highest BCUT2D eigenvalue weighted by atomic mass is 32.2. The van der Waals surface area contributed by atoms with Gasteiger partial charge in [0.2, 0.25) is 0 Å². The van der Waals surface area contributed by atoms with Gasteiger partial charge in [0, 0.05) is 19.5 Å². The molecule has 0 bridgehead atoms. The van der Waals surface area contributed by atoms with Crippen molar-refractivity contribution in [3.8, 4) is 0 Å². The lowest BCUT2D eigenvalue weighted by Crippen LogP contribution is -2.52. The predicted octanol–water partition coefficient (Wildman–Crippen LogP) is -0.134. The molecule has 0 radical (unpaired) electrons. The van der Waals surface area contributed by atoms with Crippen LogP contribution in [0.3, 0.4) is 0 Å². The molecule has 1 heterocycles. The predicted molar refractivity (Wildman–Crippen MR) is 54.4 cm³/mol. The molecule has 1 fully saturated rings. The minimum atomic E-state index is -3.23. The Bertz CT molecular complexity index is 304. The van der Waals surface area contributed by atoms with Crippen LogP contribution in [-0.4, -0.2) is 37.6 Å². The van der Waals surface area contributed by atoms with Gasteiger partial charge in [-0.15, -0.1) is 0 Å². The number of rotatable bonds is 2. The van der Waals surface area contributed by atoms with Crippen molar-refractivity contribution in [2.75, 3.05) is 19.5 Å². The summed E-state index contributed by atoms with van der Waals surface area (Å²) in [6.07, 6.45) is 1.93. The fourth-order valence-electron chi connectivity index (χ4n) is 1.50. The van der Waals surface area contributed by atoms with Crippen LogP contribution >= 0.6 is 12.2 Å². The third-order valence-electron chi connectivity index (χ3n) is 2.46. The molecule has 4 nitrogen and oxygen atoms in total. The molecule has 13 heavy (non-hydrogen) atoms. The normalized spacial score (nSPS) is 22.5. The van der Waals surface area contributed by atoms with Crippen molar-refractivity contribution in [2.45, 2.75) is 17.6 Å². The first-order valence-electron chi connectivity index (χ1n) is 3.97. The molecule has 1 rings (SSSR count). The Morgan fingerprint density at radius 2 is 1.92 bits per heavy atom. The molecule has 0 aromatic rings. The molecule has 0 aliphatic carbocycles. The third-order valence-corrected chi connectivity index (χ3v) is 5.03. The molecule has 76 valence electrons. The van der Waals surface area contributed by atoms with Crippen molar-refractivity contribution in [2.24, 2.45) is 5.73 Å². The Kier molecular flexibility index (Phi) is 2.94. The zero-order valence-corrected chi connectivity index (χ0v) is 9.08. The number of sulfone groups is 1. The number of ether oxygens (including phenoxy) is 1. The van der Waals surface area contributed by atoms with Gasteiger partial charge in [0.15, 0.2) is 9.84 Å². The lowest BCUT2D eigenvalue weighted by Gasteiger charge is -2.34. The van der Waals surface area contributed by atoms with Crippen LogP contribution in [0.25, 0.3) is 0 Å². The van der Waals surface area contributed by atoms with E-state index in [0.717, 1.165) is 0 Å². The Morgan fingerprint density at radius 3 is 2.15 bits per heavy atom. The second kappa shape index (κ2) is 3.51. The first-order valence-corrected chi connectivity index (χ1v) is 6.27. The van der Waals surface area contributed by atoms with E-state index in [2.05, 4.69) is 0 Å². The molecule has 1 saturated heterocycles. The zero-order valence-electron chi connectivity index (χ0n) is 7.45. The summed E-state index contributed by atoms with van der Waals surface area (Å²) in [7, 11) is -3.23. The van der Waals surface area contributed by atoms with Crippen LogP contribution in [0.4, 0.5) is 0 Å². The van der Waals surface area contributed by atoms with E-state index in [9.17, 15) is 8.42 Å². The highest BCUT2D eigenvalue weighted by molar-refractivity contribution is 7.94. The maximum Gasteiger partial charge on any atom is 0.159 e. The van der Waals surface area contributed by atoms with Gasteiger partial charge in [-0.2, -0.15) is 0 Å². The van der Waals surface area contributed by atoms with Gasteiger partial charge in [0.05, 0.1) is 4.99 Å². The molecule has 0 atom stereocenters. The fraction of sp³-hybridized carbons (Fsp3) is 0.857. The Labute approximate surface area is 83.4 Å². The van der Waals surface area contributed by atoms with E-state index in [-0.39, 0.29) is 4.99 Å². The summed E-state index contributed by atoms with van der Waals surface area (Å²) in [6.45, 7) is 0.814. The third kappa shape index (κ3) is 1.84. The first kappa shape index (κ1) is 10.9. The van der Waals surface area contributed by atoms with Crippen LogP contribution in [0.5, 0.6) is 0 Å². The molecule has 0 amide bonds. The largest absolute Gasteiger partial charge is 0.392 e. The molecule has 1 aliphatic rings. The summed E-state index contributed by atoms with van der Waals surface area (Å²) in [4.78, 5) is 0.0679. The lowest BCUT2D eigenvalue weighted by atomic mass is 9.99. The van der Waals surface area contributed by atoms with Crippen molar-refractivity contribution in [3.63, 3.8) is 0 Å². The molecule has 6 heteroatoms. The molecule has 0 aromatic carbocycles. The Balaban J connectivity index is 3.07. The van der Waals surface area contributed by atoms with E-state index >= 15 is 0 Å². The van der Waals surface area contributed by atoms with Gasteiger partial charge >= 0.3 is 0 Å². The van der Waals surface area contributed by atoms with Crippen molar-refractivity contribution < 1.29 is 13.2 Å². The smallest absolute Gasteiger partial charge is 0.159 e. The van der Waals surface area contributed by atoms with E-state index in [1.54, 1.807) is 0 Å². The summed E-state index contributed by atoms with van der Waals surface area (Å²) in [5.41, 5.74) is 5.49. The van der Waals surface area contributed by atoms with Crippen LogP contribution < -0.4 is 5.73 Å². The zero-order chi connectivity index (χ0) is 10.1. The highest BCUT2D eigenvalue weighted by Crippen LogP contribution is 2.29. The van der Waals surface area contributed by atoms with Crippen LogP contribution in [0, 0.1) is 0 Å². The van der Waals surface area contributed by atoms with Crippen LogP contribution in [-0.2, 0) is 14.6 Å². The quantitative estimate of drug-likeness (QED) is 0.660. The summed E-state index contributed by atoms with van der Waals surface area (Å²) in [5.74, 6) is 0. The van der Waals surface area contributed by atoms with Crippen molar-refractivity contribution >= 4 is 27.0 Å². The van der Waals surface area contributed by atoms with Gasteiger partial charge in [0.25, 0.3) is 0 Å². The second-order valence-corrected chi connectivity index (χ2v) is 6.01. The average molecular weight is 223 g/mol. The molecule has 0 saturated carbocycles. The maximum absolute atomic E-state index is 11.5. The maximum atomic E-state index is 11.5. The molecule has 1 aliphatic heterocycles. The molecular weight excluding hydrogens is 210 g/mol. The summed E-state index contributed by atoms with van der Waals surface area (Å²) < 4.78 is 27.1. The van der Waals surface area contributed by atoms with Crippen molar-refractivity contribution in [3.05, 3.63) is 0 Å². The van der Waals surface area contributed by atoms with Crippen LogP contribution in [0.15, 0.2) is 0 Å². The highest BCUT2D eigenvalue weighted by Gasteiger charge is 2.44. The van der Waals surface area contributed by atoms with E-state index in [1.165, 1.54) is 6.26 Å². The number of thiocarbonyl (C=S) groups is 1. The topological polar surface area (TPSA) is 69.4 Å². The Hall–Kier alpha value is -0.200. The fourth-order valence-corrected chi connectivity index (χ4v) is 3.43. The summed E-state index contributed by atoms with van der Waals surface area (Å²) in [6, 6.07) is 0. The minimum absolute atomic E-state index is 0.0679. The average Bonchev–Trinajstić information content (AvgIpc) is 2.03.